The fraction of sp³-hybridized carbons (Fsp3) is 0.120. The van der Waals surface area contributed by atoms with Crippen LogP contribution >= 0.6 is 0 Å². The lowest BCUT2D eigenvalue weighted by Gasteiger charge is -2.14. The van der Waals surface area contributed by atoms with Crippen molar-refractivity contribution in [1.29, 1.82) is 0 Å². The summed E-state index contributed by atoms with van der Waals surface area (Å²) < 4.78 is 39.6. The van der Waals surface area contributed by atoms with Crippen LogP contribution in [0.15, 0.2) is 82.2 Å². The summed E-state index contributed by atoms with van der Waals surface area (Å²) in [6.07, 6.45) is 0. The zero-order chi connectivity index (χ0) is 24.3. The number of aryl methyl sites for hydroxylation is 2. The highest BCUT2D eigenvalue weighted by Crippen LogP contribution is 2.32. The molecule has 8 nitrogen and oxygen atoms in total. The molecule has 4 rings (SSSR count). The van der Waals surface area contributed by atoms with Gasteiger partial charge in [-0.25, -0.2) is 8.42 Å². The normalized spacial score (nSPS) is 11.1. The number of carbonyl (C=O) groups excluding carboxylic acids is 1. The SMILES string of the molecule is COc1ccc(-c2cc(C)no2)cc1S(=O)(=O)Nc1ccc(NC(=O)c2ccccc2)c(C)c1. The minimum absolute atomic E-state index is 0.0411. The molecular weight excluding hydrogens is 454 g/mol. The Morgan fingerprint density at radius 2 is 1.74 bits per heavy atom. The number of ether oxygens (including phenoxy) is 1. The van der Waals surface area contributed by atoms with E-state index in [0.717, 1.165) is 0 Å². The van der Waals surface area contributed by atoms with Crippen LogP contribution in [0.25, 0.3) is 11.3 Å². The molecule has 1 amide bonds. The molecule has 9 heteroatoms. The molecule has 0 aliphatic carbocycles. The molecule has 0 radical (unpaired) electrons. The highest BCUT2D eigenvalue weighted by atomic mass is 32.2. The lowest BCUT2D eigenvalue weighted by Crippen LogP contribution is -2.15. The summed E-state index contributed by atoms with van der Waals surface area (Å²) >= 11 is 0. The molecule has 0 atom stereocenters. The summed E-state index contributed by atoms with van der Waals surface area (Å²) in [5, 5.41) is 6.69. The molecule has 1 heterocycles. The van der Waals surface area contributed by atoms with Crippen LogP contribution < -0.4 is 14.8 Å². The van der Waals surface area contributed by atoms with Gasteiger partial charge in [-0.2, -0.15) is 0 Å². The summed E-state index contributed by atoms with van der Waals surface area (Å²) in [5.41, 5.74) is 3.39. The summed E-state index contributed by atoms with van der Waals surface area (Å²) in [7, 11) is -2.60. The van der Waals surface area contributed by atoms with Gasteiger partial charge in [0.25, 0.3) is 15.9 Å². The summed E-state index contributed by atoms with van der Waals surface area (Å²) in [4.78, 5) is 12.4. The Hall–Kier alpha value is -4.11. The van der Waals surface area contributed by atoms with E-state index in [1.807, 2.05) is 6.07 Å². The largest absolute Gasteiger partial charge is 0.495 e. The predicted octanol–water partition coefficient (Wildman–Crippen LogP) is 5.02. The van der Waals surface area contributed by atoms with Crippen molar-refractivity contribution >= 4 is 27.3 Å². The van der Waals surface area contributed by atoms with Gasteiger partial charge < -0.3 is 14.6 Å². The molecule has 3 aromatic carbocycles. The van der Waals surface area contributed by atoms with Gasteiger partial charge in [-0.05, 0) is 67.9 Å². The van der Waals surface area contributed by atoms with Crippen molar-refractivity contribution in [3.8, 4) is 17.1 Å². The van der Waals surface area contributed by atoms with Crippen molar-refractivity contribution in [3.63, 3.8) is 0 Å². The van der Waals surface area contributed by atoms with E-state index < -0.39 is 10.0 Å². The third-order valence-corrected chi connectivity index (χ3v) is 6.53. The van der Waals surface area contributed by atoms with E-state index in [2.05, 4.69) is 15.2 Å². The number of nitrogens with zero attached hydrogens (tertiary/aromatic N) is 1. The molecule has 0 unspecified atom stereocenters. The van der Waals surface area contributed by atoms with Crippen molar-refractivity contribution in [1.82, 2.24) is 5.16 Å². The monoisotopic (exact) mass is 477 g/mol. The maximum atomic E-state index is 13.2. The van der Waals surface area contributed by atoms with E-state index in [4.69, 9.17) is 9.26 Å². The third-order valence-electron chi connectivity index (χ3n) is 5.13. The molecule has 0 fully saturated rings. The number of sulfonamides is 1. The first kappa shape index (κ1) is 23.1. The first-order valence-corrected chi connectivity index (χ1v) is 11.9. The van der Waals surface area contributed by atoms with Gasteiger partial charge in [-0.3, -0.25) is 9.52 Å². The van der Waals surface area contributed by atoms with Gasteiger partial charge in [0.1, 0.15) is 10.6 Å². The molecule has 1 aromatic heterocycles. The maximum absolute atomic E-state index is 13.2. The van der Waals surface area contributed by atoms with Gasteiger partial charge in [0.2, 0.25) is 0 Å². The highest BCUT2D eigenvalue weighted by Gasteiger charge is 2.22. The Balaban J connectivity index is 1.58. The van der Waals surface area contributed by atoms with E-state index in [9.17, 15) is 13.2 Å². The van der Waals surface area contributed by atoms with Gasteiger partial charge in [0.05, 0.1) is 12.8 Å². The Labute approximate surface area is 197 Å². The quantitative estimate of drug-likeness (QED) is 0.387. The van der Waals surface area contributed by atoms with Crippen molar-refractivity contribution in [2.75, 3.05) is 17.1 Å². The Bertz CT molecular complexity index is 1450. The number of hydrogen-bond donors (Lipinski definition) is 2. The molecule has 2 N–H and O–H groups in total. The Kier molecular flexibility index (Phi) is 6.38. The predicted molar refractivity (Wildman–Crippen MR) is 130 cm³/mol. The number of rotatable bonds is 7. The molecule has 34 heavy (non-hydrogen) atoms. The summed E-state index contributed by atoms with van der Waals surface area (Å²) in [6, 6.07) is 20.2. The molecule has 0 aliphatic heterocycles. The van der Waals surface area contributed by atoms with Crippen LogP contribution in [0.2, 0.25) is 0 Å². The average molecular weight is 478 g/mol. The van der Waals surface area contributed by atoms with E-state index >= 15 is 0 Å². The third kappa shape index (κ3) is 4.94. The van der Waals surface area contributed by atoms with Crippen molar-refractivity contribution in [3.05, 3.63) is 89.6 Å². The lowest BCUT2D eigenvalue weighted by molar-refractivity contribution is 0.102. The van der Waals surface area contributed by atoms with Gasteiger partial charge in [0.15, 0.2) is 5.76 Å². The van der Waals surface area contributed by atoms with Crippen LogP contribution in [-0.4, -0.2) is 26.6 Å². The van der Waals surface area contributed by atoms with Crippen LogP contribution in [0, 0.1) is 13.8 Å². The molecule has 174 valence electrons. The number of amides is 1. The fourth-order valence-electron chi connectivity index (χ4n) is 3.40. The average Bonchev–Trinajstić information content (AvgIpc) is 3.27. The van der Waals surface area contributed by atoms with Crippen molar-refractivity contribution < 1.29 is 22.5 Å². The van der Waals surface area contributed by atoms with E-state index in [0.29, 0.717) is 39.5 Å². The molecule has 0 aliphatic rings. The fourth-order valence-corrected chi connectivity index (χ4v) is 4.65. The number of hydrogen-bond acceptors (Lipinski definition) is 6. The lowest BCUT2D eigenvalue weighted by atomic mass is 10.1. The number of methoxy groups -OCH3 is 1. The van der Waals surface area contributed by atoms with E-state index in [1.165, 1.54) is 13.2 Å². The second-order valence-electron chi connectivity index (χ2n) is 7.65. The number of aromatic nitrogens is 1. The van der Waals surface area contributed by atoms with Crippen LogP contribution in [0.3, 0.4) is 0 Å². The number of carbonyl (C=O) groups is 1. The molecule has 0 spiro atoms. The maximum Gasteiger partial charge on any atom is 0.265 e. The highest BCUT2D eigenvalue weighted by molar-refractivity contribution is 7.92. The molecule has 0 bridgehead atoms. The second kappa shape index (κ2) is 9.40. The number of benzene rings is 3. The Morgan fingerprint density at radius 1 is 0.971 bits per heavy atom. The number of nitrogens with one attached hydrogen (secondary N) is 2. The van der Waals surface area contributed by atoms with Gasteiger partial charge >= 0.3 is 0 Å². The Morgan fingerprint density at radius 3 is 2.38 bits per heavy atom. The van der Waals surface area contributed by atoms with Crippen LogP contribution in [-0.2, 0) is 10.0 Å². The van der Waals surface area contributed by atoms with Crippen LogP contribution in [0.1, 0.15) is 21.6 Å². The minimum atomic E-state index is -4.00. The van der Waals surface area contributed by atoms with Gasteiger partial charge in [-0.1, -0.05) is 23.4 Å². The zero-order valence-electron chi connectivity index (χ0n) is 18.8. The standard InChI is InChI=1S/C25H23N3O5S/c1-16-13-20(10-11-21(16)26-25(29)18-7-5-4-6-8-18)28-34(30,31)24-15-19(9-12-22(24)32-3)23-14-17(2)27-33-23/h4-15,28H,1-3H3,(H,26,29). The van der Waals surface area contributed by atoms with Gasteiger partial charge in [0, 0.05) is 28.6 Å². The van der Waals surface area contributed by atoms with E-state index in [-0.39, 0.29) is 16.6 Å². The summed E-state index contributed by atoms with van der Waals surface area (Å²) in [6.45, 7) is 3.57. The van der Waals surface area contributed by atoms with Crippen molar-refractivity contribution in [2.45, 2.75) is 18.7 Å². The van der Waals surface area contributed by atoms with E-state index in [1.54, 1.807) is 74.5 Å². The smallest absolute Gasteiger partial charge is 0.265 e. The molecule has 0 saturated heterocycles. The first-order valence-electron chi connectivity index (χ1n) is 10.4. The van der Waals surface area contributed by atoms with Gasteiger partial charge in [-0.15, -0.1) is 0 Å². The molecule has 0 saturated carbocycles. The second-order valence-corrected chi connectivity index (χ2v) is 9.30. The minimum Gasteiger partial charge on any atom is -0.495 e. The van der Waals surface area contributed by atoms with Crippen LogP contribution in [0.4, 0.5) is 11.4 Å². The number of anilines is 2. The first-order chi connectivity index (χ1) is 16.3. The molecule has 4 aromatic rings. The molecular formula is C25H23N3O5S. The summed E-state index contributed by atoms with van der Waals surface area (Å²) in [5.74, 6) is 0.392. The van der Waals surface area contributed by atoms with Crippen LogP contribution in [0.5, 0.6) is 5.75 Å². The zero-order valence-corrected chi connectivity index (χ0v) is 19.6. The van der Waals surface area contributed by atoms with Crippen molar-refractivity contribution in [2.24, 2.45) is 0 Å². The topological polar surface area (TPSA) is 111 Å².